The van der Waals surface area contributed by atoms with E-state index in [9.17, 15) is 4.79 Å². The fourth-order valence-corrected chi connectivity index (χ4v) is 2.67. The second-order valence-corrected chi connectivity index (χ2v) is 5.30. The van der Waals surface area contributed by atoms with Gasteiger partial charge < -0.3 is 15.4 Å². The minimum absolute atomic E-state index is 0. The van der Waals surface area contributed by atoms with Crippen LogP contribution in [0.4, 0.5) is 0 Å². The lowest BCUT2D eigenvalue weighted by atomic mass is 9.64. The third-order valence-electron chi connectivity index (χ3n) is 4.04. The Hall–Kier alpha value is -1.10. The van der Waals surface area contributed by atoms with Crippen LogP contribution in [0.3, 0.4) is 0 Å². The van der Waals surface area contributed by atoms with Crippen LogP contribution < -0.4 is 10.6 Å². The molecule has 0 saturated heterocycles. The van der Waals surface area contributed by atoms with E-state index in [-0.39, 0.29) is 23.7 Å². The maximum absolute atomic E-state index is 12.5. The molecular weight excluding hydrogens is 288 g/mol. The number of ether oxygens (including phenoxy) is 1. The zero-order valence-electron chi connectivity index (χ0n) is 12.6. The van der Waals surface area contributed by atoms with Gasteiger partial charge in [0.25, 0.3) is 0 Å². The van der Waals surface area contributed by atoms with Crippen LogP contribution in [0.25, 0.3) is 0 Å². The molecule has 2 N–H and O–H groups in total. The first-order valence-electron chi connectivity index (χ1n) is 7.33. The molecule has 5 heteroatoms. The minimum Gasteiger partial charge on any atom is -0.383 e. The molecule has 0 aliphatic heterocycles. The van der Waals surface area contributed by atoms with E-state index >= 15 is 0 Å². The van der Waals surface area contributed by atoms with Crippen LogP contribution in [-0.2, 0) is 14.9 Å². The molecule has 0 aromatic heterocycles. The maximum Gasteiger partial charge on any atom is 0.230 e. The van der Waals surface area contributed by atoms with Crippen LogP contribution in [0.5, 0.6) is 0 Å². The van der Waals surface area contributed by atoms with Crippen molar-refractivity contribution in [1.82, 2.24) is 10.6 Å². The summed E-state index contributed by atoms with van der Waals surface area (Å²) < 4.78 is 4.96. The molecule has 0 unspecified atom stereocenters. The van der Waals surface area contributed by atoms with Crippen molar-refractivity contribution in [2.75, 3.05) is 33.4 Å². The number of carbonyl (C=O) groups is 1. The molecule has 2 rings (SSSR count). The molecule has 1 aliphatic carbocycles. The summed E-state index contributed by atoms with van der Waals surface area (Å²) in [6.07, 6.45) is 3.05. The first-order valence-corrected chi connectivity index (χ1v) is 7.33. The van der Waals surface area contributed by atoms with Gasteiger partial charge in [-0.1, -0.05) is 36.8 Å². The molecule has 0 bridgehead atoms. The molecule has 4 nitrogen and oxygen atoms in total. The molecular formula is C16H25ClN2O2. The van der Waals surface area contributed by atoms with Crippen LogP contribution in [0.15, 0.2) is 30.3 Å². The van der Waals surface area contributed by atoms with E-state index in [0.717, 1.165) is 37.9 Å². The predicted octanol–water partition coefficient (Wildman–Crippen LogP) is 1.88. The van der Waals surface area contributed by atoms with Crippen molar-refractivity contribution in [2.45, 2.75) is 24.7 Å². The van der Waals surface area contributed by atoms with Gasteiger partial charge in [-0.15, -0.1) is 12.4 Å². The lowest BCUT2D eigenvalue weighted by Gasteiger charge is -2.40. The molecule has 1 aliphatic rings. The molecule has 1 fully saturated rings. The molecule has 1 amide bonds. The predicted molar refractivity (Wildman–Crippen MR) is 87.0 cm³/mol. The molecule has 1 aromatic rings. The average Bonchev–Trinajstić information content (AvgIpc) is 2.43. The summed E-state index contributed by atoms with van der Waals surface area (Å²) in [6, 6.07) is 10.1. The normalized spacial score (nSPS) is 15.7. The quantitative estimate of drug-likeness (QED) is 0.721. The lowest BCUT2D eigenvalue weighted by Crippen LogP contribution is -2.50. The molecule has 21 heavy (non-hydrogen) atoms. The van der Waals surface area contributed by atoms with Crippen LogP contribution in [0.1, 0.15) is 24.8 Å². The molecule has 1 saturated carbocycles. The van der Waals surface area contributed by atoms with Crippen molar-refractivity contribution < 1.29 is 9.53 Å². The SMILES string of the molecule is COCCNCCNC(=O)C1(c2ccccc2)CCC1.Cl. The van der Waals surface area contributed by atoms with Gasteiger partial charge in [0.15, 0.2) is 0 Å². The molecule has 0 radical (unpaired) electrons. The second kappa shape index (κ2) is 9.03. The first kappa shape index (κ1) is 18.0. The second-order valence-electron chi connectivity index (χ2n) is 5.30. The first-order chi connectivity index (χ1) is 9.79. The van der Waals surface area contributed by atoms with Gasteiger partial charge in [-0.25, -0.2) is 0 Å². The molecule has 0 atom stereocenters. The van der Waals surface area contributed by atoms with Crippen LogP contribution in [0.2, 0.25) is 0 Å². The number of methoxy groups -OCH3 is 1. The molecule has 1 aromatic carbocycles. The van der Waals surface area contributed by atoms with Gasteiger partial charge in [0, 0.05) is 26.7 Å². The number of hydrogen-bond acceptors (Lipinski definition) is 3. The maximum atomic E-state index is 12.5. The topological polar surface area (TPSA) is 50.4 Å². The summed E-state index contributed by atoms with van der Waals surface area (Å²) in [5.41, 5.74) is 0.865. The zero-order valence-corrected chi connectivity index (χ0v) is 13.4. The summed E-state index contributed by atoms with van der Waals surface area (Å²) in [6.45, 7) is 2.95. The fraction of sp³-hybridized carbons (Fsp3) is 0.562. The van der Waals surface area contributed by atoms with Gasteiger partial charge in [0.05, 0.1) is 12.0 Å². The number of benzene rings is 1. The standard InChI is InChI=1S/C16H24N2O2.ClH/c1-20-13-12-17-10-11-18-15(19)16(8-5-9-16)14-6-3-2-4-7-14;/h2-4,6-7,17H,5,8-13H2,1H3,(H,18,19);1H. The van der Waals surface area contributed by atoms with E-state index in [1.165, 1.54) is 0 Å². The van der Waals surface area contributed by atoms with Crippen molar-refractivity contribution >= 4 is 18.3 Å². The number of hydrogen-bond donors (Lipinski definition) is 2. The number of amides is 1. The number of carbonyl (C=O) groups excluding carboxylic acids is 1. The number of halogens is 1. The third-order valence-corrected chi connectivity index (χ3v) is 4.04. The smallest absolute Gasteiger partial charge is 0.230 e. The highest BCUT2D eigenvalue weighted by molar-refractivity contribution is 5.89. The Labute approximate surface area is 133 Å². The van der Waals surface area contributed by atoms with E-state index in [1.807, 2.05) is 18.2 Å². The lowest BCUT2D eigenvalue weighted by molar-refractivity contribution is -0.129. The Kier molecular flexibility index (Phi) is 7.72. The number of rotatable bonds is 8. The average molecular weight is 313 g/mol. The Morgan fingerprint density at radius 2 is 1.90 bits per heavy atom. The van der Waals surface area contributed by atoms with Crippen LogP contribution in [-0.4, -0.2) is 39.3 Å². The van der Waals surface area contributed by atoms with Crippen LogP contribution in [0, 0.1) is 0 Å². The Morgan fingerprint density at radius 3 is 2.48 bits per heavy atom. The Bertz CT molecular complexity index is 422. The molecule has 118 valence electrons. The van der Waals surface area contributed by atoms with Gasteiger partial charge >= 0.3 is 0 Å². The third kappa shape index (κ3) is 4.43. The summed E-state index contributed by atoms with van der Waals surface area (Å²) in [5, 5.41) is 6.29. The summed E-state index contributed by atoms with van der Waals surface area (Å²) in [5.74, 6) is 0.170. The monoisotopic (exact) mass is 312 g/mol. The Morgan fingerprint density at radius 1 is 1.19 bits per heavy atom. The minimum atomic E-state index is -0.284. The van der Waals surface area contributed by atoms with Gasteiger partial charge in [-0.3, -0.25) is 4.79 Å². The van der Waals surface area contributed by atoms with Crippen LogP contribution >= 0.6 is 12.4 Å². The largest absolute Gasteiger partial charge is 0.383 e. The zero-order chi connectivity index (χ0) is 14.3. The highest BCUT2D eigenvalue weighted by atomic mass is 35.5. The Balaban J connectivity index is 0.00000220. The van der Waals surface area contributed by atoms with Gasteiger partial charge in [0.1, 0.15) is 0 Å². The van der Waals surface area contributed by atoms with E-state index in [2.05, 4.69) is 22.8 Å². The number of nitrogens with one attached hydrogen (secondary N) is 2. The van der Waals surface area contributed by atoms with Gasteiger partial charge in [-0.2, -0.15) is 0 Å². The van der Waals surface area contributed by atoms with Crippen molar-refractivity contribution in [3.05, 3.63) is 35.9 Å². The van der Waals surface area contributed by atoms with Crippen molar-refractivity contribution in [2.24, 2.45) is 0 Å². The van der Waals surface area contributed by atoms with Gasteiger partial charge in [0.2, 0.25) is 5.91 Å². The van der Waals surface area contributed by atoms with E-state index in [0.29, 0.717) is 13.2 Å². The summed E-state index contributed by atoms with van der Waals surface area (Å²) >= 11 is 0. The highest BCUT2D eigenvalue weighted by Gasteiger charge is 2.45. The van der Waals surface area contributed by atoms with Gasteiger partial charge in [-0.05, 0) is 18.4 Å². The van der Waals surface area contributed by atoms with Crippen molar-refractivity contribution in [3.8, 4) is 0 Å². The highest BCUT2D eigenvalue weighted by Crippen LogP contribution is 2.43. The van der Waals surface area contributed by atoms with E-state index in [1.54, 1.807) is 7.11 Å². The summed E-state index contributed by atoms with van der Waals surface area (Å²) in [7, 11) is 1.68. The van der Waals surface area contributed by atoms with E-state index < -0.39 is 0 Å². The van der Waals surface area contributed by atoms with Crippen molar-refractivity contribution in [1.29, 1.82) is 0 Å². The van der Waals surface area contributed by atoms with Crippen molar-refractivity contribution in [3.63, 3.8) is 0 Å². The molecule has 0 spiro atoms. The molecule has 0 heterocycles. The fourth-order valence-electron chi connectivity index (χ4n) is 2.67. The van der Waals surface area contributed by atoms with E-state index in [4.69, 9.17) is 4.74 Å². The summed E-state index contributed by atoms with van der Waals surface area (Å²) in [4.78, 5) is 12.5.